The van der Waals surface area contributed by atoms with Gasteiger partial charge in [-0.3, -0.25) is 14.4 Å². The van der Waals surface area contributed by atoms with E-state index in [1.54, 1.807) is 54.6 Å². The van der Waals surface area contributed by atoms with Gasteiger partial charge < -0.3 is 5.32 Å². The van der Waals surface area contributed by atoms with Gasteiger partial charge in [0, 0.05) is 29.1 Å². The molecule has 0 aliphatic carbocycles. The topological polar surface area (TPSA) is 63.2 Å². The van der Waals surface area contributed by atoms with E-state index < -0.39 is 5.92 Å². The number of halogens is 1. The summed E-state index contributed by atoms with van der Waals surface area (Å²) in [7, 11) is 0. The van der Waals surface area contributed by atoms with Gasteiger partial charge in [-0.1, -0.05) is 72.3 Å². The molecule has 0 aliphatic heterocycles. The van der Waals surface area contributed by atoms with Crippen LogP contribution in [0.15, 0.2) is 78.9 Å². The SMILES string of the molecule is Cc1cc(Cl)ccc1NC(=O)CCCC(=O)C(C(=O)c1ccccc1)c1ccccc1. The molecule has 1 atom stereocenters. The lowest BCUT2D eigenvalue weighted by atomic mass is 9.85. The van der Waals surface area contributed by atoms with Crippen LogP contribution >= 0.6 is 11.6 Å². The summed E-state index contributed by atoms with van der Waals surface area (Å²) in [6, 6.07) is 23.1. The molecular formula is C26H24ClNO3. The zero-order chi connectivity index (χ0) is 22.2. The number of rotatable bonds is 9. The predicted octanol–water partition coefficient (Wildman–Crippen LogP) is 5.99. The molecule has 0 radical (unpaired) electrons. The fraction of sp³-hybridized carbons (Fsp3) is 0.192. The summed E-state index contributed by atoms with van der Waals surface area (Å²) < 4.78 is 0. The number of nitrogens with one attached hydrogen (secondary N) is 1. The third kappa shape index (κ3) is 6.12. The molecule has 0 fully saturated rings. The smallest absolute Gasteiger partial charge is 0.224 e. The minimum absolute atomic E-state index is 0.144. The number of aryl methyl sites for hydroxylation is 1. The van der Waals surface area contributed by atoms with Crippen LogP contribution in [0.5, 0.6) is 0 Å². The van der Waals surface area contributed by atoms with E-state index in [1.165, 1.54) is 0 Å². The van der Waals surface area contributed by atoms with Crippen LogP contribution in [-0.4, -0.2) is 17.5 Å². The van der Waals surface area contributed by atoms with Crippen LogP contribution in [0, 0.1) is 6.92 Å². The largest absolute Gasteiger partial charge is 0.326 e. The first kappa shape index (κ1) is 22.4. The summed E-state index contributed by atoms with van der Waals surface area (Å²) in [6.07, 6.45) is 0.697. The minimum Gasteiger partial charge on any atom is -0.326 e. The Morgan fingerprint density at radius 1 is 0.871 bits per heavy atom. The highest BCUT2D eigenvalue weighted by atomic mass is 35.5. The molecule has 1 N–H and O–H groups in total. The van der Waals surface area contributed by atoms with Gasteiger partial charge in [0.2, 0.25) is 5.91 Å². The molecule has 0 spiro atoms. The van der Waals surface area contributed by atoms with Crippen LogP contribution in [0.1, 0.15) is 46.7 Å². The molecule has 0 saturated carbocycles. The van der Waals surface area contributed by atoms with E-state index in [0.29, 0.717) is 28.3 Å². The van der Waals surface area contributed by atoms with Crippen molar-refractivity contribution in [3.05, 3.63) is 101 Å². The molecule has 0 aliphatic rings. The van der Waals surface area contributed by atoms with E-state index in [0.717, 1.165) is 5.56 Å². The standard InChI is InChI=1S/C26H24ClNO3/c1-18-17-21(27)15-16-22(18)28-24(30)14-8-13-23(29)25(19-9-4-2-5-10-19)26(31)20-11-6-3-7-12-20/h2-7,9-12,15-17,25H,8,13-14H2,1H3,(H,28,30). The monoisotopic (exact) mass is 433 g/mol. The molecule has 3 aromatic rings. The summed E-state index contributed by atoms with van der Waals surface area (Å²) in [6.45, 7) is 1.87. The lowest BCUT2D eigenvalue weighted by Crippen LogP contribution is -2.23. The maximum Gasteiger partial charge on any atom is 0.224 e. The molecule has 0 heterocycles. The Hall–Kier alpha value is -3.24. The molecule has 0 bridgehead atoms. The van der Waals surface area contributed by atoms with E-state index in [-0.39, 0.29) is 30.3 Å². The van der Waals surface area contributed by atoms with E-state index in [4.69, 9.17) is 11.6 Å². The third-order valence-electron chi connectivity index (χ3n) is 5.06. The van der Waals surface area contributed by atoms with E-state index in [1.807, 2.05) is 31.2 Å². The van der Waals surface area contributed by atoms with E-state index in [2.05, 4.69) is 5.32 Å². The lowest BCUT2D eigenvalue weighted by Gasteiger charge is -2.15. The number of carbonyl (C=O) groups is 3. The fourth-order valence-electron chi connectivity index (χ4n) is 3.45. The first-order valence-corrected chi connectivity index (χ1v) is 10.6. The number of ketones is 2. The minimum atomic E-state index is -0.870. The maximum absolute atomic E-state index is 13.1. The first-order valence-electron chi connectivity index (χ1n) is 10.2. The summed E-state index contributed by atoms with van der Waals surface area (Å²) in [5, 5.41) is 3.45. The Bertz CT molecular complexity index is 1060. The van der Waals surface area contributed by atoms with Crippen LogP contribution in [0.3, 0.4) is 0 Å². The Morgan fingerprint density at radius 2 is 1.52 bits per heavy atom. The second-order valence-corrected chi connectivity index (χ2v) is 7.84. The number of benzene rings is 3. The van der Waals surface area contributed by atoms with E-state index >= 15 is 0 Å². The highest BCUT2D eigenvalue weighted by Crippen LogP contribution is 2.25. The van der Waals surface area contributed by atoms with Crippen molar-refractivity contribution in [3.63, 3.8) is 0 Å². The average molecular weight is 434 g/mol. The normalized spacial score (nSPS) is 11.5. The highest BCUT2D eigenvalue weighted by molar-refractivity contribution is 6.30. The van der Waals surface area contributed by atoms with Crippen molar-refractivity contribution in [1.82, 2.24) is 0 Å². The molecule has 4 nitrogen and oxygen atoms in total. The number of amides is 1. The molecule has 158 valence electrons. The summed E-state index contributed by atoms with van der Waals surface area (Å²) in [4.78, 5) is 38.4. The first-order chi connectivity index (χ1) is 15.0. The summed E-state index contributed by atoms with van der Waals surface area (Å²) in [5.41, 5.74) is 2.74. The maximum atomic E-state index is 13.1. The van der Waals surface area contributed by atoms with Gasteiger partial charge in [-0.15, -0.1) is 0 Å². The number of hydrogen-bond acceptors (Lipinski definition) is 3. The second-order valence-electron chi connectivity index (χ2n) is 7.40. The van der Waals surface area contributed by atoms with Gasteiger partial charge in [0.15, 0.2) is 5.78 Å². The van der Waals surface area contributed by atoms with Crippen LogP contribution in [0.25, 0.3) is 0 Å². The second kappa shape index (κ2) is 10.7. The van der Waals surface area contributed by atoms with Crippen LogP contribution in [-0.2, 0) is 9.59 Å². The van der Waals surface area contributed by atoms with Gasteiger partial charge in [0.1, 0.15) is 11.7 Å². The number of carbonyl (C=O) groups excluding carboxylic acids is 3. The van der Waals surface area contributed by atoms with Crippen molar-refractivity contribution in [3.8, 4) is 0 Å². The predicted molar refractivity (Wildman–Crippen MR) is 124 cm³/mol. The molecule has 31 heavy (non-hydrogen) atoms. The quantitative estimate of drug-likeness (QED) is 0.333. The van der Waals surface area contributed by atoms with Crippen molar-refractivity contribution in [2.24, 2.45) is 0 Å². The van der Waals surface area contributed by atoms with Crippen LogP contribution < -0.4 is 5.32 Å². The van der Waals surface area contributed by atoms with Gasteiger partial charge in [-0.25, -0.2) is 0 Å². The fourth-order valence-corrected chi connectivity index (χ4v) is 3.67. The van der Waals surface area contributed by atoms with Gasteiger partial charge >= 0.3 is 0 Å². The molecule has 1 unspecified atom stereocenters. The molecule has 3 rings (SSSR count). The van der Waals surface area contributed by atoms with Gasteiger partial charge in [0.25, 0.3) is 0 Å². The summed E-state index contributed by atoms with van der Waals surface area (Å²) >= 11 is 5.94. The Morgan fingerprint density at radius 3 is 2.16 bits per heavy atom. The van der Waals surface area contributed by atoms with Gasteiger partial charge in [-0.2, -0.15) is 0 Å². The van der Waals surface area contributed by atoms with Crippen LogP contribution in [0.4, 0.5) is 5.69 Å². The molecule has 1 amide bonds. The van der Waals surface area contributed by atoms with Crippen molar-refractivity contribution < 1.29 is 14.4 Å². The lowest BCUT2D eigenvalue weighted by molar-refractivity contribution is -0.119. The third-order valence-corrected chi connectivity index (χ3v) is 5.30. The zero-order valence-electron chi connectivity index (χ0n) is 17.3. The Kier molecular flexibility index (Phi) is 7.74. The number of hydrogen-bond donors (Lipinski definition) is 1. The number of Topliss-reactive ketones (excluding diaryl/α,β-unsaturated/α-hetero) is 2. The van der Waals surface area contributed by atoms with Crippen molar-refractivity contribution in [2.75, 3.05) is 5.32 Å². The molecule has 5 heteroatoms. The van der Waals surface area contributed by atoms with Gasteiger partial charge in [0.05, 0.1) is 0 Å². The highest BCUT2D eigenvalue weighted by Gasteiger charge is 2.28. The summed E-state index contributed by atoms with van der Waals surface area (Å²) in [5.74, 6) is -1.46. The van der Waals surface area contributed by atoms with Gasteiger partial charge in [-0.05, 0) is 42.7 Å². The van der Waals surface area contributed by atoms with E-state index in [9.17, 15) is 14.4 Å². The molecular weight excluding hydrogens is 410 g/mol. The molecule has 0 saturated heterocycles. The zero-order valence-corrected chi connectivity index (χ0v) is 18.1. The average Bonchev–Trinajstić information content (AvgIpc) is 2.77. The Labute approximate surface area is 187 Å². The van der Waals surface area contributed by atoms with Crippen molar-refractivity contribution in [1.29, 1.82) is 0 Å². The van der Waals surface area contributed by atoms with Crippen molar-refractivity contribution in [2.45, 2.75) is 32.1 Å². The molecule has 3 aromatic carbocycles. The Balaban J connectivity index is 1.64. The number of anilines is 1. The van der Waals surface area contributed by atoms with Crippen molar-refractivity contribution >= 4 is 34.8 Å². The van der Waals surface area contributed by atoms with Crippen LogP contribution in [0.2, 0.25) is 5.02 Å². The molecule has 0 aromatic heterocycles.